The lowest BCUT2D eigenvalue weighted by Crippen LogP contribution is -2.24. The van der Waals surface area contributed by atoms with Crippen molar-refractivity contribution in [3.05, 3.63) is 69.4 Å². The fraction of sp³-hybridized carbons (Fsp3) is 0.375. The van der Waals surface area contributed by atoms with E-state index in [4.69, 9.17) is 9.15 Å². The first-order chi connectivity index (χ1) is 13.2. The standard InChI is InChI=1S/C24H28O3S/c1-15(2)18-12-10-17(11-13-18)14-28-23-16(3)22(25)21-19(26-23)8-7-9-20(21)27-24(4,5)6/h7-13,15H,14H2,1-6H3. The summed E-state index contributed by atoms with van der Waals surface area (Å²) in [5.74, 6) is 1.85. The minimum Gasteiger partial charge on any atom is -0.487 e. The highest BCUT2D eigenvalue weighted by atomic mass is 32.2. The Bertz CT molecular complexity index is 1020. The quantitative estimate of drug-likeness (QED) is 0.450. The van der Waals surface area contributed by atoms with E-state index in [0.717, 1.165) is 5.75 Å². The zero-order chi connectivity index (χ0) is 20.5. The van der Waals surface area contributed by atoms with Crippen molar-refractivity contribution >= 4 is 22.7 Å². The van der Waals surface area contributed by atoms with Crippen molar-refractivity contribution in [2.75, 3.05) is 0 Å². The predicted molar refractivity (Wildman–Crippen MR) is 118 cm³/mol. The van der Waals surface area contributed by atoms with E-state index in [2.05, 4.69) is 38.1 Å². The number of rotatable bonds is 5. The number of ether oxygens (including phenoxy) is 1. The molecule has 0 radical (unpaired) electrons. The van der Waals surface area contributed by atoms with Gasteiger partial charge in [0, 0.05) is 11.3 Å². The summed E-state index contributed by atoms with van der Waals surface area (Å²) in [7, 11) is 0. The van der Waals surface area contributed by atoms with Crippen molar-refractivity contribution in [2.45, 2.75) is 63.9 Å². The highest BCUT2D eigenvalue weighted by Crippen LogP contribution is 2.32. The summed E-state index contributed by atoms with van der Waals surface area (Å²) in [5, 5.41) is 1.18. The van der Waals surface area contributed by atoms with Gasteiger partial charge in [0.15, 0.2) is 5.09 Å². The first-order valence-corrected chi connectivity index (χ1v) is 10.6. The zero-order valence-corrected chi connectivity index (χ0v) is 18.3. The van der Waals surface area contributed by atoms with Gasteiger partial charge in [-0.3, -0.25) is 4.79 Å². The van der Waals surface area contributed by atoms with Crippen LogP contribution in [0.25, 0.3) is 11.0 Å². The van der Waals surface area contributed by atoms with Gasteiger partial charge in [-0.25, -0.2) is 0 Å². The van der Waals surface area contributed by atoms with Gasteiger partial charge < -0.3 is 9.15 Å². The molecule has 148 valence electrons. The molecule has 3 nitrogen and oxygen atoms in total. The molecule has 3 aromatic rings. The molecule has 0 spiro atoms. The molecule has 28 heavy (non-hydrogen) atoms. The Morgan fingerprint density at radius 2 is 1.75 bits per heavy atom. The summed E-state index contributed by atoms with van der Waals surface area (Å²) in [6.45, 7) is 12.1. The maximum atomic E-state index is 13.0. The first-order valence-electron chi connectivity index (χ1n) is 9.63. The summed E-state index contributed by atoms with van der Waals surface area (Å²) >= 11 is 1.55. The van der Waals surface area contributed by atoms with Crippen LogP contribution in [-0.2, 0) is 5.75 Å². The van der Waals surface area contributed by atoms with Crippen molar-refractivity contribution in [3.63, 3.8) is 0 Å². The van der Waals surface area contributed by atoms with Gasteiger partial charge in [-0.1, -0.05) is 55.9 Å². The summed E-state index contributed by atoms with van der Waals surface area (Å²) in [6.07, 6.45) is 0. The first kappa shape index (κ1) is 20.5. The molecule has 3 rings (SSSR count). The van der Waals surface area contributed by atoms with Crippen LogP contribution in [0, 0.1) is 6.92 Å². The number of thioether (sulfide) groups is 1. The van der Waals surface area contributed by atoms with E-state index in [0.29, 0.717) is 33.3 Å². The molecule has 0 amide bonds. The van der Waals surface area contributed by atoms with Gasteiger partial charge in [-0.15, -0.1) is 0 Å². The Hall–Kier alpha value is -2.20. The molecule has 0 aliphatic carbocycles. The van der Waals surface area contributed by atoms with E-state index in [1.165, 1.54) is 11.1 Å². The molecule has 1 aromatic heterocycles. The van der Waals surface area contributed by atoms with E-state index in [1.54, 1.807) is 11.8 Å². The largest absolute Gasteiger partial charge is 0.487 e. The van der Waals surface area contributed by atoms with Crippen molar-refractivity contribution in [1.29, 1.82) is 0 Å². The lowest BCUT2D eigenvalue weighted by Gasteiger charge is -2.22. The minimum absolute atomic E-state index is 0.0289. The highest BCUT2D eigenvalue weighted by molar-refractivity contribution is 7.98. The number of benzene rings is 2. The molecule has 0 saturated carbocycles. The second-order valence-electron chi connectivity index (χ2n) is 8.37. The SMILES string of the molecule is Cc1c(SCc2ccc(C(C)C)cc2)oc2cccc(OC(C)(C)C)c2c1=O. The maximum absolute atomic E-state index is 13.0. The van der Waals surface area contributed by atoms with Crippen LogP contribution in [0.1, 0.15) is 57.2 Å². The molecule has 0 aliphatic rings. The van der Waals surface area contributed by atoms with Crippen LogP contribution in [-0.4, -0.2) is 5.60 Å². The molecule has 4 heteroatoms. The summed E-state index contributed by atoms with van der Waals surface area (Å²) in [6, 6.07) is 14.1. The van der Waals surface area contributed by atoms with Crippen LogP contribution in [0.5, 0.6) is 5.75 Å². The normalized spacial score (nSPS) is 12.0. The number of hydrogen-bond donors (Lipinski definition) is 0. The molecule has 2 aromatic carbocycles. The van der Waals surface area contributed by atoms with Crippen LogP contribution in [0.3, 0.4) is 0 Å². The molecule has 0 atom stereocenters. The van der Waals surface area contributed by atoms with Crippen LogP contribution in [0.4, 0.5) is 0 Å². The second-order valence-corrected chi connectivity index (χ2v) is 9.32. The van der Waals surface area contributed by atoms with Gasteiger partial charge in [0.1, 0.15) is 22.3 Å². The van der Waals surface area contributed by atoms with E-state index >= 15 is 0 Å². The Balaban J connectivity index is 1.90. The van der Waals surface area contributed by atoms with E-state index < -0.39 is 0 Å². The number of fused-ring (bicyclic) bond motifs is 1. The van der Waals surface area contributed by atoms with Crippen LogP contribution in [0.2, 0.25) is 0 Å². The Kier molecular flexibility index (Phi) is 5.90. The lowest BCUT2D eigenvalue weighted by molar-refractivity contribution is 0.133. The second kappa shape index (κ2) is 8.04. The summed E-state index contributed by atoms with van der Waals surface area (Å²) < 4.78 is 12.1. The molecule has 0 bridgehead atoms. The molecule has 0 N–H and O–H groups in total. The van der Waals surface area contributed by atoms with Gasteiger partial charge >= 0.3 is 0 Å². The molecule has 0 unspecified atom stereocenters. The monoisotopic (exact) mass is 396 g/mol. The van der Waals surface area contributed by atoms with Crippen molar-refractivity contribution < 1.29 is 9.15 Å². The van der Waals surface area contributed by atoms with Crippen LogP contribution in [0.15, 0.2) is 56.8 Å². The summed E-state index contributed by atoms with van der Waals surface area (Å²) in [5.41, 5.74) is 3.31. The van der Waals surface area contributed by atoms with Crippen molar-refractivity contribution in [1.82, 2.24) is 0 Å². The van der Waals surface area contributed by atoms with E-state index in [9.17, 15) is 4.79 Å². The van der Waals surface area contributed by atoms with Crippen LogP contribution < -0.4 is 10.2 Å². The molecule has 0 fully saturated rings. The van der Waals surface area contributed by atoms with Crippen molar-refractivity contribution in [2.24, 2.45) is 0 Å². The smallest absolute Gasteiger partial charge is 0.200 e. The highest BCUT2D eigenvalue weighted by Gasteiger charge is 2.19. The van der Waals surface area contributed by atoms with E-state index in [-0.39, 0.29) is 11.0 Å². The van der Waals surface area contributed by atoms with E-state index in [1.807, 2.05) is 45.9 Å². The molecule has 1 heterocycles. The summed E-state index contributed by atoms with van der Waals surface area (Å²) in [4.78, 5) is 13.0. The lowest BCUT2D eigenvalue weighted by atomic mass is 10.0. The van der Waals surface area contributed by atoms with Gasteiger partial charge in [0.25, 0.3) is 0 Å². The third-order valence-electron chi connectivity index (χ3n) is 4.50. The van der Waals surface area contributed by atoms with Crippen molar-refractivity contribution in [3.8, 4) is 5.75 Å². The minimum atomic E-state index is -0.385. The molecule has 0 aliphatic heterocycles. The van der Waals surface area contributed by atoms with Crippen LogP contribution >= 0.6 is 11.8 Å². The van der Waals surface area contributed by atoms with Gasteiger partial charge in [0.05, 0.1) is 0 Å². The Morgan fingerprint density at radius 3 is 2.36 bits per heavy atom. The topological polar surface area (TPSA) is 39.4 Å². The Morgan fingerprint density at radius 1 is 1.07 bits per heavy atom. The molecular formula is C24H28O3S. The van der Waals surface area contributed by atoms with Gasteiger partial charge in [-0.2, -0.15) is 0 Å². The average molecular weight is 397 g/mol. The predicted octanol–water partition coefficient (Wildman–Crippen LogP) is 6.69. The van der Waals surface area contributed by atoms with Gasteiger partial charge in [-0.05, 0) is 56.9 Å². The average Bonchev–Trinajstić information content (AvgIpc) is 2.62. The maximum Gasteiger partial charge on any atom is 0.200 e. The fourth-order valence-corrected chi connectivity index (χ4v) is 3.92. The van der Waals surface area contributed by atoms with Gasteiger partial charge in [0.2, 0.25) is 5.43 Å². The third-order valence-corrected chi connectivity index (χ3v) is 5.63. The zero-order valence-electron chi connectivity index (χ0n) is 17.5. The Labute approximate surface area is 171 Å². The molecular weight excluding hydrogens is 368 g/mol. The fourth-order valence-electron chi connectivity index (χ4n) is 2.98. The third kappa shape index (κ3) is 4.61. The molecule has 0 saturated heterocycles. The number of hydrogen-bond acceptors (Lipinski definition) is 4.